The molecule has 18 heavy (non-hydrogen) atoms. The van der Waals surface area contributed by atoms with Gasteiger partial charge in [0.15, 0.2) is 0 Å². The van der Waals surface area contributed by atoms with Gasteiger partial charge in [-0.05, 0) is 31.5 Å². The molecule has 1 aliphatic rings. The Morgan fingerprint density at radius 2 is 2.06 bits per heavy atom. The summed E-state index contributed by atoms with van der Waals surface area (Å²) in [4.78, 5) is 9.82. The maximum absolute atomic E-state index is 5.50. The van der Waals surface area contributed by atoms with E-state index in [9.17, 15) is 0 Å². The summed E-state index contributed by atoms with van der Waals surface area (Å²) in [7, 11) is 0. The van der Waals surface area contributed by atoms with E-state index in [0.29, 0.717) is 4.99 Å². The molecule has 0 amide bonds. The molecule has 2 heterocycles. The summed E-state index contributed by atoms with van der Waals surface area (Å²) in [6.45, 7) is 5.36. The number of pyridine rings is 1. The summed E-state index contributed by atoms with van der Waals surface area (Å²) in [5.74, 6) is 1.08. The van der Waals surface area contributed by atoms with E-state index in [4.69, 9.17) is 18.0 Å². The van der Waals surface area contributed by atoms with E-state index in [-0.39, 0.29) is 0 Å². The van der Waals surface area contributed by atoms with Gasteiger partial charge in [0.05, 0.1) is 4.99 Å². The van der Waals surface area contributed by atoms with Crippen molar-refractivity contribution in [1.29, 1.82) is 0 Å². The van der Waals surface area contributed by atoms with Crippen LogP contribution >= 0.6 is 12.2 Å². The summed E-state index contributed by atoms with van der Waals surface area (Å²) in [5, 5.41) is 0. The average Bonchev–Trinajstić information content (AvgIpc) is 2.40. The Bertz CT molecular complexity index is 374. The molecule has 0 bridgehead atoms. The first kappa shape index (κ1) is 13.2. The van der Waals surface area contributed by atoms with Crippen LogP contribution in [0.1, 0.15) is 12.8 Å². The van der Waals surface area contributed by atoms with Gasteiger partial charge in [-0.1, -0.05) is 18.3 Å². The van der Waals surface area contributed by atoms with Gasteiger partial charge in [-0.2, -0.15) is 0 Å². The molecule has 1 aliphatic heterocycles. The molecule has 0 saturated carbocycles. The van der Waals surface area contributed by atoms with Crippen LogP contribution in [0.25, 0.3) is 0 Å². The number of nitrogens with zero attached hydrogens (tertiary/aromatic N) is 3. The number of thiocarbonyl (C=S) groups is 1. The Kier molecular flexibility index (Phi) is 4.90. The summed E-state index contributed by atoms with van der Waals surface area (Å²) >= 11 is 4.89. The zero-order valence-electron chi connectivity index (χ0n) is 10.6. The molecule has 0 radical (unpaired) electrons. The van der Waals surface area contributed by atoms with Crippen LogP contribution in [0.15, 0.2) is 24.4 Å². The second-order valence-corrected chi connectivity index (χ2v) is 5.11. The van der Waals surface area contributed by atoms with Crippen molar-refractivity contribution in [2.75, 3.05) is 37.6 Å². The van der Waals surface area contributed by atoms with Gasteiger partial charge in [0.2, 0.25) is 0 Å². The lowest BCUT2D eigenvalue weighted by molar-refractivity contribution is 0.256. The Morgan fingerprint density at radius 3 is 2.67 bits per heavy atom. The van der Waals surface area contributed by atoms with Gasteiger partial charge < -0.3 is 10.6 Å². The molecule has 4 nitrogen and oxygen atoms in total. The fourth-order valence-corrected chi connectivity index (χ4v) is 2.36. The van der Waals surface area contributed by atoms with Crippen LogP contribution in [0, 0.1) is 0 Å². The third-order valence-corrected chi connectivity index (χ3v) is 3.45. The van der Waals surface area contributed by atoms with Gasteiger partial charge in [0.1, 0.15) is 5.82 Å². The second-order valence-electron chi connectivity index (χ2n) is 4.59. The highest BCUT2D eigenvalue weighted by molar-refractivity contribution is 7.80. The highest BCUT2D eigenvalue weighted by atomic mass is 32.1. The standard InChI is InChI=1S/C13H20N4S/c14-12(18)4-3-7-16-8-10-17(11-9-16)13-5-1-2-6-15-13/h1-2,5-6H,3-4,7-11H2,(H2,14,18). The maximum atomic E-state index is 5.50. The van der Waals surface area contributed by atoms with Crippen LogP contribution < -0.4 is 10.6 Å². The molecule has 0 atom stereocenters. The van der Waals surface area contributed by atoms with Crippen molar-refractivity contribution >= 4 is 23.0 Å². The highest BCUT2D eigenvalue weighted by Crippen LogP contribution is 2.12. The second kappa shape index (κ2) is 6.66. The molecular weight excluding hydrogens is 244 g/mol. The van der Waals surface area contributed by atoms with E-state index in [1.807, 2.05) is 18.3 Å². The Hall–Kier alpha value is -1.20. The lowest BCUT2D eigenvalue weighted by Crippen LogP contribution is -2.47. The van der Waals surface area contributed by atoms with Gasteiger partial charge in [-0.15, -0.1) is 0 Å². The molecule has 5 heteroatoms. The molecule has 2 rings (SSSR count). The van der Waals surface area contributed by atoms with E-state index in [2.05, 4.69) is 20.9 Å². The van der Waals surface area contributed by atoms with Crippen molar-refractivity contribution in [1.82, 2.24) is 9.88 Å². The number of anilines is 1. The lowest BCUT2D eigenvalue weighted by atomic mass is 10.2. The quantitative estimate of drug-likeness (QED) is 0.812. The maximum Gasteiger partial charge on any atom is 0.128 e. The summed E-state index contributed by atoms with van der Waals surface area (Å²) < 4.78 is 0. The summed E-state index contributed by atoms with van der Waals surface area (Å²) in [5.41, 5.74) is 5.50. The average molecular weight is 264 g/mol. The van der Waals surface area contributed by atoms with Crippen LogP contribution in [0.3, 0.4) is 0 Å². The first-order chi connectivity index (χ1) is 8.75. The van der Waals surface area contributed by atoms with E-state index in [0.717, 1.165) is 51.4 Å². The molecule has 0 spiro atoms. The molecule has 0 aliphatic carbocycles. The zero-order valence-corrected chi connectivity index (χ0v) is 11.4. The van der Waals surface area contributed by atoms with Gasteiger partial charge >= 0.3 is 0 Å². The van der Waals surface area contributed by atoms with E-state index < -0.39 is 0 Å². The predicted octanol–water partition coefficient (Wildman–Crippen LogP) is 1.27. The van der Waals surface area contributed by atoms with Crippen molar-refractivity contribution < 1.29 is 0 Å². The normalized spacial score (nSPS) is 16.8. The third kappa shape index (κ3) is 3.92. The fraction of sp³-hybridized carbons (Fsp3) is 0.538. The minimum absolute atomic E-state index is 0.627. The van der Waals surface area contributed by atoms with E-state index in [1.54, 1.807) is 0 Å². The van der Waals surface area contributed by atoms with Crippen molar-refractivity contribution in [2.24, 2.45) is 5.73 Å². The lowest BCUT2D eigenvalue weighted by Gasteiger charge is -2.35. The minimum Gasteiger partial charge on any atom is -0.393 e. The van der Waals surface area contributed by atoms with Crippen molar-refractivity contribution in [3.8, 4) is 0 Å². The monoisotopic (exact) mass is 264 g/mol. The van der Waals surface area contributed by atoms with Gasteiger partial charge in [0.25, 0.3) is 0 Å². The van der Waals surface area contributed by atoms with Crippen molar-refractivity contribution in [3.63, 3.8) is 0 Å². The Balaban J connectivity index is 1.73. The SMILES string of the molecule is NC(=S)CCCN1CCN(c2ccccn2)CC1. The number of piperazine rings is 1. The number of hydrogen-bond donors (Lipinski definition) is 1. The molecule has 0 aromatic carbocycles. The minimum atomic E-state index is 0.627. The smallest absolute Gasteiger partial charge is 0.128 e. The number of hydrogen-bond acceptors (Lipinski definition) is 4. The topological polar surface area (TPSA) is 45.4 Å². The van der Waals surface area contributed by atoms with Crippen LogP contribution in [-0.4, -0.2) is 47.6 Å². The predicted molar refractivity (Wildman–Crippen MR) is 78.9 cm³/mol. The van der Waals surface area contributed by atoms with Crippen molar-refractivity contribution in [2.45, 2.75) is 12.8 Å². The first-order valence-corrected chi connectivity index (χ1v) is 6.83. The van der Waals surface area contributed by atoms with Gasteiger partial charge in [0, 0.05) is 32.4 Å². The zero-order chi connectivity index (χ0) is 12.8. The number of rotatable bonds is 5. The molecule has 1 fully saturated rings. The molecule has 1 saturated heterocycles. The molecule has 98 valence electrons. The molecule has 1 aromatic heterocycles. The van der Waals surface area contributed by atoms with Crippen LogP contribution in [0.2, 0.25) is 0 Å². The van der Waals surface area contributed by atoms with Gasteiger partial charge in [-0.3, -0.25) is 4.90 Å². The first-order valence-electron chi connectivity index (χ1n) is 6.42. The third-order valence-electron chi connectivity index (χ3n) is 3.24. The number of nitrogens with two attached hydrogens (primary N) is 1. The van der Waals surface area contributed by atoms with Crippen LogP contribution in [-0.2, 0) is 0 Å². The van der Waals surface area contributed by atoms with E-state index >= 15 is 0 Å². The van der Waals surface area contributed by atoms with Crippen LogP contribution in [0.5, 0.6) is 0 Å². The van der Waals surface area contributed by atoms with Crippen LogP contribution in [0.4, 0.5) is 5.82 Å². The molecule has 1 aromatic rings. The summed E-state index contributed by atoms with van der Waals surface area (Å²) in [6.07, 6.45) is 3.78. The Labute approximate surface area is 114 Å². The summed E-state index contributed by atoms with van der Waals surface area (Å²) in [6, 6.07) is 6.06. The largest absolute Gasteiger partial charge is 0.393 e. The Morgan fingerprint density at radius 1 is 1.28 bits per heavy atom. The van der Waals surface area contributed by atoms with Gasteiger partial charge in [-0.25, -0.2) is 4.98 Å². The molecule has 2 N–H and O–H groups in total. The number of aromatic nitrogens is 1. The van der Waals surface area contributed by atoms with E-state index in [1.165, 1.54) is 0 Å². The molecule has 0 unspecified atom stereocenters. The fourth-order valence-electron chi connectivity index (χ4n) is 2.22. The van der Waals surface area contributed by atoms with Crippen molar-refractivity contribution in [3.05, 3.63) is 24.4 Å². The highest BCUT2D eigenvalue weighted by Gasteiger charge is 2.17. The molecular formula is C13H20N4S.